The highest BCUT2D eigenvalue weighted by molar-refractivity contribution is 7.99. The van der Waals surface area contributed by atoms with Crippen LogP contribution in [-0.4, -0.2) is 23.8 Å². The Morgan fingerprint density at radius 2 is 1.79 bits per heavy atom. The fraction of sp³-hybridized carbons (Fsp3) is 0.538. The van der Waals surface area contributed by atoms with Gasteiger partial charge in [0.15, 0.2) is 0 Å². The van der Waals surface area contributed by atoms with Gasteiger partial charge in [0.1, 0.15) is 11.6 Å². The van der Waals surface area contributed by atoms with Gasteiger partial charge in [0, 0.05) is 11.4 Å². The SMILES string of the molecule is O=[PH](O)OCCCNCc1ccc(SCCCCC2(c3ccc(F)cc3)CCCCC2)c(F)c1. The molecular weight excluding hydrogens is 475 g/mol. The summed E-state index contributed by atoms with van der Waals surface area (Å²) in [6.45, 7) is 1.41. The van der Waals surface area contributed by atoms with Crippen molar-refractivity contribution >= 4 is 20.0 Å². The van der Waals surface area contributed by atoms with Crippen molar-refractivity contribution in [2.75, 3.05) is 18.9 Å². The molecule has 0 saturated heterocycles. The molecule has 0 amide bonds. The van der Waals surface area contributed by atoms with E-state index < -0.39 is 8.25 Å². The van der Waals surface area contributed by atoms with Gasteiger partial charge in [-0.1, -0.05) is 43.9 Å². The summed E-state index contributed by atoms with van der Waals surface area (Å²) in [6.07, 6.45) is 9.93. The van der Waals surface area contributed by atoms with Crippen LogP contribution in [0.1, 0.15) is 68.9 Å². The van der Waals surface area contributed by atoms with Crippen molar-refractivity contribution < 1.29 is 22.8 Å². The first-order chi connectivity index (χ1) is 16.5. The molecule has 2 aromatic rings. The smallest absolute Gasteiger partial charge is 0.316 e. The number of halogens is 2. The Balaban J connectivity index is 1.40. The van der Waals surface area contributed by atoms with Crippen molar-refractivity contribution in [3.63, 3.8) is 0 Å². The van der Waals surface area contributed by atoms with Crippen LogP contribution in [0.3, 0.4) is 0 Å². The minimum Gasteiger partial charge on any atom is -0.326 e. The summed E-state index contributed by atoms with van der Waals surface area (Å²) in [5.74, 6) is 0.505. The third-order valence-corrected chi connectivity index (χ3v) is 8.21. The second-order valence-electron chi connectivity index (χ2n) is 9.06. The average Bonchev–Trinajstić information content (AvgIpc) is 2.83. The molecule has 1 atom stereocenters. The van der Waals surface area contributed by atoms with Gasteiger partial charge in [-0.15, -0.1) is 11.8 Å². The Bertz CT molecular complexity index is 907. The summed E-state index contributed by atoms with van der Waals surface area (Å²) in [5, 5.41) is 3.19. The summed E-state index contributed by atoms with van der Waals surface area (Å²) in [4.78, 5) is 9.29. The molecule has 0 aliphatic heterocycles. The Hall–Kier alpha value is -1.24. The molecule has 0 radical (unpaired) electrons. The highest BCUT2D eigenvalue weighted by Crippen LogP contribution is 2.43. The third kappa shape index (κ3) is 8.76. The normalized spacial score (nSPS) is 16.4. The monoisotopic (exact) mass is 511 g/mol. The van der Waals surface area contributed by atoms with Crippen molar-refractivity contribution in [3.05, 3.63) is 65.2 Å². The molecule has 3 rings (SSSR count). The lowest BCUT2D eigenvalue weighted by Crippen LogP contribution is -2.29. The maximum atomic E-state index is 14.5. The second-order valence-corrected chi connectivity index (χ2v) is 11.0. The first-order valence-corrected chi connectivity index (χ1v) is 14.5. The molecule has 0 bridgehead atoms. The maximum absolute atomic E-state index is 14.5. The number of nitrogens with one attached hydrogen (secondary N) is 1. The van der Waals surface area contributed by atoms with Gasteiger partial charge >= 0.3 is 8.25 Å². The highest BCUT2D eigenvalue weighted by atomic mass is 32.2. The fourth-order valence-electron chi connectivity index (χ4n) is 4.82. The molecule has 34 heavy (non-hydrogen) atoms. The van der Waals surface area contributed by atoms with Gasteiger partial charge in [0.05, 0.1) is 6.61 Å². The summed E-state index contributed by atoms with van der Waals surface area (Å²) in [7, 11) is -2.86. The van der Waals surface area contributed by atoms with Crippen LogP contribution in [0.5, 0.6) is 0 Å². The van der Waals surface area contributed by atoms with E-state index in [1.165, 1.54) is 37.7 Å². The Labute approximate surface area is 206 Å². The van der Waals surface area contributed by atoms with Crippen LogP contribution in [0, 0.1) is 11.6 Å². The Morgan fingerprint density at radius 1 is 1.03 bits per heavy atom. The number of hydrogen-bond acceptors (Lipinski definition) is 4. The number of rotatable bonds is 14. The van der Waals surface area contributed by atoms with Crippen LogP contribution >= 0.6 is 20.0 Å². The molecule has 2 aromatic carbocycles. The minimum absolute atomic E-state index is 0.166. The van der Waals surface area contributed by atoms with Crippen LogP contribution in [-0.2, 0) is 21.0 Å². The van der Waals surface area contributed by atoms with Crippen molar-refractivity contribution in [3.8, 4) is 0 Å². The van der Waals surface area contributed by atoms with Crippen molar-refractivity contribution in [2.45, 2.75) is 74.6 Å². The van der Waals surface area contributed by atoms with Gasteiger partial charge in [0.25, 0.3) is 0 Å². The number of unbranched alkanes of at least 4 members (excludes halogenated alkanes) is 1. The van der Waals surface area contributed by atoms with Crippen LogP contribution < -0.4 is 5.32 Å². The molecule has 188 valence electrons. The van der Waals surface area contributed by atoms with E-state index in [0.717, 1.165) is 30.6 Å². The molecule has 1 aliphatic rings. The van der Waals surface area contributed by atoms with E-state index in [1.54, 1.807) is 30.0 Å². The van der Waals surface area contributed by atoms with Gasteiger partial charge < -0.3 is 14.7 Å². The lowest BCUT2D eigenvalue weighted by Gasteiger charge is -2.38. The van der Waals surface area contributed by atoms with E-state index in [1.807, 2.05) is 24.3 Å². The van der Waals surface area contributed by atoms with Gasteiger partial charge in [-0.3, -0.25) is 4.57 Å². The van der Waals surface area contributed by atoms with Gasteiger partial charge in [-0.2, -0.15) is 0 Å². The molecule has 1 unspecified atom stereocenters. The van der Waals surface area contributed by atoms with E-state index >= 15 is 0 Å². The zero-order valence-corrected chi connectivity index (χ0v) is 21.5. The first kappa shape index (κ1) is 27.3. The highest BCUT2D eigenvalue weighted by Gasteiger charge is 2.33. The van der Waals surface area contributed by atoms with E-state index in [2.05, 4.69) is 9.84 Å². The zero-order valence-electron chi connectivity index (χ0n) is 19.7. The third-order valence-electron chi connectivity index (χ3n) is 6.62. The largest absolute Gasteiger partial charge is 0.326 e. The predicted octanol–water partition coefficient (Wildman–Crippen LogP) is 7.01. The predicted molar refractivity (Wildman–Crippen MR) is 136 cm³/mol. The van der Waals surface area contributed by atoms with Crippen LogP contribution in [0.25, 0.3) is 0 Å². The van der Waals surface area contributed by atoms with Crippen molar-refractivity contribution in [1.82, 2.24) is 5.32 Å². The second kappa shape index (κ2) is 14.4. The lowest BCUT2D eigenvalue weighted by molar-refractivity contribution is 0.267. The van der Waals surface area contributed by atoms with Crippen LogP contribution in [0.4, 0.5) is 8.78 Å². The van der Waals surface area contributed by atoms with Crippen LogP contribution in [0.2, 0.25) is 0 Å². The van der Waals surface area contributed by atoms with Crippen molar-refractivity contribution in [2.24, 2.45) is 0 Å². The summed E-state index contributed by atoms with van der Waals surface area (Å²) >= 11 is 1.56. The molecular formula is C26H36F2NO3PS. The first-order valence-electron chi connectivity index (χ1n) is 12.2. The lowest BCUT2D eigenvalue weighted by atomic mass is 9.67. The molecule has 2 N–H and O–H groups in total. The van der Waals surface area contributed by atoms with E-state index in [9.17, 15) is 13.3 Å². The fourth-order valence-corrected chi connectivity index (χ4v) is 6.07. The topological polar surface area (TPSA) is 58.6 Å². The average molecular weight is 512 g/mol. The number of thioether (sulfide) groups is 1. The molecule has 0 spiro atoms. The van der Waals surface area contributed by atoms with Gasteiger partial charge in [-0.25, -0.2) is 8.78 Å². The molecule has 1 aliphatic carbocycles. The Kier molecular flexibility index (Phi) is 11.5. The zero-order chi connectivity index (χ0) is 24.2. The summed E-state index contributed by atoms with van der Waals surface area (Å²) < 4.78 is 43.1. The quantitative estimate of drug-likeness (QED) is 0.162. The molecule has 0 aromatic heterocycles. The summed E-state index contributed by atoms with van der Waals surface area (Å²) in [6, 6.07) is 12.5. The molecule has 1 saturated carbocycles. The van der Waals surface area contributed by atoms with Crippen molar-refractivity contribution in [1.29, 1.82) is 0 Å². The van der Waals surface area contributed by atoms with Gasteiger partial charge in [0.2, 0.25) is 0 Å². The van der Waals surface area contributed by atoms with E-state index in [4.69, 9.17) is 4.89 Å². The maximum Gasteiger partial charge on any atom is 0.316 e. The molecule has 8 heteroatoms. The van der Waals surface area contributed by atoms with E-state index in [0.29, 0.717) is 24.4 Å². The van der Waals surface area contributed by atoms with Gasteiger partial charge in [-0.05, 0) is 85.2 Å². The summed E-state index contributed by atoms with van der Waals surface area (Å²) in [5.41, 5.74) is 2.31. The Morgan fingerprint density at radius 3 is 2.50 bits per heavy atom. The standard InChI is InChI=1S/C26H36F2NO3PS/c27-23-10-8-22(9-11-23)26(13-2-1-3-14-26)15-4-5-18-34-25-12-7-21(19-24(25)28)20-29-16-6-17-32-33(30)31/h7-12,19,29,33H,1-6,13-18,20H2,(H,30,31). The minimum atomic E-state index is -2.86. The van der Waals surface area contributed by atoms with E-state index in [-0.39, 0.29) is 23.7 Å². The number of benzene rings is 2. The molecule has 0 heterocycles. The molecule has 1 fully saturated rings. The molecule has 4 nitrogen and oxygen atoms in total. The number of hydrogen-bond donors (Lipinski definition) is 2. The van der Waals surface area contributed by atoms with Crippen LogP contribution in [0.15, 0.2) is 47.4 Å².